The molecule has 1 aliphatic carbocycles. The van der Waals surface area contributed by atoms with Crippen LogP contribution in [0.3, 0.4) is 0 Å². The average Bonchev–Trinajstić information content (AvgIpc) is 2.75. The topological polar surface area (TPSA) is 90.6 Å². The molecule has 2 rings (SSSR count). The Labute approximate surface area is 92.5 Å². The van der Waals surface area contributed by atoms with E-state index in [2.05, 4.69) is 20.5 Å². The molecule has 0 bridgehead atoms. The van der Waals surface area contributed by atoms with E-state index in [4.69, 9.17) is 0 Å². The van der Waals surface area contributed by atoms with Crippen molar-refractivity contribution in [3.05, 3.63) is 20.8 Å². The van der Waals surface area contributed by atoms with E-state index in [1.807, 2.05) is 6.92 Å². The predicted molar refractivity (Wildman–Crippen MR) is 60.5 cm³/mol. The SMILES string of the molecule is CC(Nc1n[nH]c(=O)[nH]c1=O)C1CCCC1. The molecule has 1 aromatic rings. The zero-order chi connectivity index (χ0) is 11.5. The van der Waals surface area contributed by atoms with Crippen molar-refractivity contribution in [2.75, 3.05) is 5.32 Å². The second kappa shape index (κ2) is 4.51. The first-order valence-corrected chi connectivity index (χ1v) is 5.62. The molecule has 3 N–H and O–H groups in total. The number of anilines is 1. The molecule has 6 heteroatoms. The monoisotopic (exact) mass is 224 g/mol. The highest BCUT2D eigenvalue weighted by atomic mass is 16.2. The summed E-state index contributed by atoms with van der Waals surface area (Å²) in [6, 6.07) is 0.210. The van der Waals surface area contributed by atoms with Gasteiger partial charge in [-0.25, -0.2) is 9.89 Å². The molecule has 1 aromatic heterocycles. The summed E-state index contributed by atoms with van der Waals surface area (Å²) in [7, 11) is 0. The third-order valence-corrected chi connectivity index (χ3v) is 3.18. The highest BCUT2D eigenvalue weighted by Gasteiger charge is 2.22. The lowest BCUT2D eigenvalue weighted by molar-refractivity contribution is 0.480. The molecule has 1 atom stereocenters. The number of rotatable bonds is 3. The van der Waals surface area contributed by atoms with Crippen LogP contribution in [-0.4, -0.2) is 21.2 Å². The summed E-state index contributed by atoms with van der Waals surface area (Å²) in [6.45, 7) is 2.04. The summed E-state index contributed by atoms with van der Waals surface area (Å²) in [5.41, 5.74) is -1.04. The molecule has 0 radical (unpaired) electrons. The molecule has 0 saturated heterocycles. The molecule has 1 unspecified atom stereocenters. The molecule has 1 fully saturated rings. The molecule has 16 heavy (non-hydrogen) atoms. The molecule has 88 valence electrons. The van der Waals surface area contributed by atoms with Crippen molar-refractivity contribution in [3.8, 4) is 0 Å². The third-order valence-electron chi connectivity index (χ3n) is 3.18. The van der Waals surface area contributed by atoms with Gasteiger partial charge in [-0.15, -0.1) is 5.10 Å². The molecule has 6 nitrogen and oxygen atoms in total. The molecule has 0 amide bonds. The summed E-state index contributed by atoms with van der Waals surface area (Å²) in [4.78, 5) is 24.3. The van der Waals surface area contributed by atoms with E-state index >= 15 is 0 Å². The van der Waals surface area contributed by atoms with E-state index in [1.165, 1.54) is 25.7 Å². The lowest BCUT2D eigenvalue weighted by atomic mass is 10.00. The maximum Gasteiger partial charge on any atom is 0.342 e. The molecule has 0 aliphatic heterocycles. The van der Waals surface area contributed by atoms with Gasteiger partial charge in [-0.1, -0.05) is 12.8 Å². The van der Waals surface area contributed by atoms with Crippen molar-refractivity contribution in [2.45, 2.75) is 38.6 Å². The molecule has 1 aliphatic rings. The second-order valence-electron chi connectivity index (χ2n) is 4.33. The third kappa shape index (κ3) is 2.32. The summed E-state index contributed by atoms with van der Waals surface area (Å²) < 4.78 is 0. The number of hydrogen-bond acceptors (Lipinski definition) is 4. The van der Waals surface area contributed by atoms with Crippen molar-refractivity contribution in [1.82, 2.24) is 15.2 Å². The van der Waals surface area contributed by atoms with Gasteiger partial charge in [0.05, 0.1) is 0 Å². The standard InChI is InChI=1S/C10H16N4O2/c1-6(7-4-2-3-5-7)11-8-9(15)12-10(16)14-13-8/h6-7H,2-5H2,1H3,(H,11,13)(H2,12,14,15,16). The Hall–Kier alpha value is -1.59. The summed E-state index contributed by atoms with van der Waals surface area (Å²) in [5.74, 6) is 0.784. The molecule has 1 heterocycles. The second-order valence-corrected chi connectivity index (χ2v) is 4.33. The maximum absolute atomic E-state index is 11.4. The minimum Gasteiger partial charge on any atom is -0.361 e. The normalized spacial score (nSPS) is 18.6. The zero-order valence-corrected chi connectivity index (χ0v) is 9.25. The van der Waals surface area contributed by atoms with Crippen molar-refractivity contribution in [1.29, 1.82) is 0 Å². The van der Waals surface area contributed by atoms with Crippen LogP contribution >= 0.6 is 0 Å². The van der Waals surface area contributed by atoms with E-state index < -0.39 is 11.2 Å². The fourth-order valence-corrected chi connectivity index (χ4v) is 2.24. The maximum atomic E-state index is 11.4. The van der Waals surface area contributed by atoms with Gasteiger partial charge in [-0.3, -0.25) is 9.78 Å². The van der Waals surface area contributed by atoms with Crippen molar-refractivity contribution < 1.29 is 0 Å². The Morgan fingerprint density at radius 3 is 2.69 bits per heavy atom. The van der Waals surface area contributed by atoms with E-state index in [1.54, 1.807) is 0 Å². The Morgan fingerprint density at radius 2 is 2.06 bits per heavy atom. The van der Waals surface area contributed by atoms with Crippen LogP contribution in [0.4, 0.5) is 5.82 Å². The minimum absolute atomic E-state index is 0.194. The van der Waals surface area contributed by atoms with Gasteiger partial charge in [-0.2, -0.15) is 0 Å². The number of nitrogens with zero attached hydrogens (tertiary/aromatic N) is 1. The first-order valence-electron chi connectivity index (χ1n) is 5.62. The lowest BCUT2D eigenvalue weighted by Gasteiger charge is -2.19. The van der Waals surface area contributed by atoms with Crippen molar-refractivity contribution in [2.24, 2.45) is 5.92 Å². The van der Waals surface area contributed by atoms with Crippen LogP contribution in [0.1, 0.15) is 32.6 Å². The van der Waals surface area contributed by atoms with Gasteiger partial charge in [0.25, 0.3) is 5.56 Å². The average molecular weight is 224 g/mol. The van der Waals surface area contributed by atoms with Crippen molar-refractivity contribution in [3.63, 3.8) is 0 Å². The van der Waals surface area contributed by atoms with Crippen LogP contribution in [0, 0.1) is 5.92 Å². The van der Waals surface area contributed by atoms with Crippen LogP contribution in [0.15, 0.2) is 9.59 Å². The molecule has 0 aromatic carbocycles. The van der Waals surface area contributed by atoms with Crippen LogP contribution in [0.25, 0.3) is 0 Å². The number of H-pyrrole nitrogens is 2. The van der Waals surface area contributed by atoms with Crippen LogP contribution in [0.5, 0.6) is 0 Å². The zero-order valence-electron chi connectivity index (χ0n) is 9.25. The highest BCUT2D eigenvalue weighted by molar-refractivity contribution is 5.30. The van der Waals surface area contributed by atoms with Crippen LogP contribution < -0.4 is 16.6 Å². The fraction of sp³-hybridized carbons (Fsp3) is 0.700. The first kappa shape index (κ1) is 10.9. The molecule has 0 spiro atoms. The Bertz CT molecular complexity index is 458. The Kier molecular flexibility index (Phi) is 3.07. The summed E-state index contributed by atoms with van der Waals surface area (Å²) in [6.07, 6.45) is 4.89. The highest BCUT2D eigenvalue weighted by Crippen LogP contribution is 2.28. The quantitative estimate of drug-likeness (QED) is 0.695. The van der Waals surface area contributed by atoms with Gasteiger partial charge in [0.2, 0.25) is 5.82 Å². The molecular formula is C10H16N4O2. The number of aromatic amines is 2. The molecular weight excluding hydrogens is 208 g/mol. The van der Waals surface area contributed by atoms with Crippen LogP contribution in [0.2, 0.25) is 0 Å². The smallest absolute Gasteiger partial charge is 0.342 e. The van der Waals surface area contributed by atoms with Gasteiger partial charge in [0.1, 0.15) is 0 Å². The van der Waals surface area contributed by atoms with Gasteiger partial charge in [0, 0.05) is 6.04 Å². The number of hydrogen-bond donors (Lipinski definition) is 3. The predicted octanol–water partition coefficient (Wildman–Crippen LogP) is 0.449. The fourth-order valence-electron chi connectivity index (χ4n) is 2.24. The number of aromatic nitrogens is 3. The lowest BCUT2D eigenvalue weighted by Crippen LogP contribution is -2.32. The van der Waals surface area contributed by atoms with E-state index in [-0.39, 0.29) is 11.9 Å². The van der Waals surface area contributed by atoms with Gasteiger partial charge in [-0.05, 0) is 25.7 Å². The van der Waals surface area contributed by atoms with Gasteiger partial charge < -0.3 is 5.32 Å². The van der Waals surface area contributed by atoms with Gasteiger partial charge >= 0.3 is 5.69 Å². The Balaban J connectivity index is 2.08. The first-order chi connectivity index (χ1) is 7.66. The largest absolute Gasteiger partial charge is 0.361 e. The van der Waals surface area contributed by atoms with E-state index in [0.717, 1.165) is 0 Å². The van der Waals surface area contributed by atoms with E-state index in [0.29, 0.717) is 5.92 Å². The summed E-state index contributed by atoms with van der Waals surface area (Å²) in [5, 5.41) is 8.96. The number of nitrogens with one attached hydrogen (secondary N) is 3. The van der Waals surface area contributed by atoms with Crippen molar-refractivity contribution >= 4 is 5.82 Å². The minimum atomic E-state index is -0.580. The Morgan fingerprint density at radius 1 is 1.38 bits per heavy atom. The summed E-state index contributed by atoms with van der Waals surface area (Å²) >= 11 is 0. The molecule has 1 saturated carbocycles. The van der Waals surface area contributed by atoms with E-state index in [9.17, 15) is 9.59 Å². The van der Waals surface area contributed by atoms with Crippen LogP contribution in [-0.2, 0) is 0 Å². The van der Waals surface area contributed by atoms with Gasteiger partial charge in [0.15, 0.2) is 0 Å².